The highest BCUT2D eigenvalue weighted by Gasteiger charge is 2.37. The van der Waals surface area contributed by atoms with Gasteiger partial charge in [0.05, 0.1) is 5.56 Å². The Morgan fingerprint density at radius 1 is 1.35 bits per heavy atom. The van der Waals surface area contributed by atoms with Crippen molar-refractivity contribution >= 4 is 17.2 Å². The second-order valence-electron chi connectivity index (χ2n) is 6.40. The van der Waals surface area contributed by atoms with Crippen molar-refractivity contribution in [3.8, 4) is 0 Å². The van der Waals surface area contributed by atoms with Crippen LogP contribution in [0.4, 0.5) is 0 Å². The fourth-order valence-electron chi connectivity index (χ4n) is 3.75. The Balaban J connectivity index is 1.63. The van der Waals surface area contributed by atoms with Crippen molar-refractivity contribution in [2.75, 3.05) is 6.54 Å². The zero-order valence-electron chi connectivity index (χ0n) is 12.2. The minimum absolute atomic E-state index is 0.113. The van der Waals surface area contributed by atoms with Gasteiger partial charge in [-0.3, -0.25) is 4.79 Å². The molecule has 1 unspecified atom stereocenters. The Kier molecular flexibility index (Phi) is 4.13. The number of nitrogens with one attached hydrogen (secondary N) is 2. The largest absolute Gasteiger partial charge is 0.349 e. The SMILES string of the molecule is Cc1cscc1C(=O)NC1CCNC2(CCCCC2)C1. The maximum absolute atomic E-state index is 12.3. The first-order valence-electron chi connectivity index (χ1n) is 7.77. The Hall–Kier alpha value is -0.870. The standard InChI is InChI=1S/C16H24N2OS/c1-12-10-20-11-14(12)15(19)18-13-5-8-17-16(9-13)6-3-2-4-7-16/h10-11,13,17H,2-9H2,1H3,(H,18,19). The molecule has 0 aromatic carbocycles. The van der Waals surface area contributed by atoms with Gasteiger partial charge >= 0.3 is 0 Å². The van der Waals surface area contributed by atoms with Gasteiger partial charge in [0.15, 0.2) is 0 Å². The molecule has 3 nitrogen and oxygen atoms in total. The van der Waals surface area contributed by atoms with E-state index in [1.165, 1.54) is 32.1 Å². The fourth-order valence-corrected chi connectivity index (χ4v) is 4.57. The van der Waals surface area contributed by atoms with Crippen molar-refractivity contribution < 1.29 is 4.79 Å². The molecule has 2 fully saturated rings. The molecular weight excluding hydrogens is 268 g/mol. The van der Waals surface area contributed by atoms with Gasteiger partial charge in [0.25, 0.3) is 5.91 Å². The third-order valence-electron chi connectivity index (χ3n) is 4.88. The highest BCUT2D eigenvalue weighted by molar-refractivity contribution is 7.08. The molecule has 20 heavy (non-hydrogen) atoms. The topological polar surface area (TPSA) is 41.1 Å². The molecule has 2 N–H and O–H groups in total. The molecule has 2 aliphatic rings. The predicted octanol–water partition coefficient (Wildman–Crippen LogP) is 3.24. The molecule has 0 radical (unpaired) electrons. The van der Waals surface area contributed by atoms with Crippen LogP contribution in [0.5, 0.6) is 0 Å². The average molecular weight is 292 g/mol. The Morgan fingerprint density at radius 3 is 2.85 bits per heavy atom. The number of piperidine rings is 1. The third-order valence-corrected chi connectivity index (χ3v) is 5.74. The smallest absolute Gasteiger partial charge is 0.252 e. The van der Waals surface area contributed by atoms with Crippen molar-refractivity contribution in [1.82, 2.24) is 10.6 Å². The highest BCUT2D eigenvalue weighted by atomic mass is 32.1. The zero-order chi connectivity index (χ0) is 14.0. The zero-order valence-corrected chi connectivity index (χ0v) is 13.0. The molecule has 4 heteroatoms. The molecule has 1 aliphatic carbocycles. The van der Waals surface area contributed by atoms with Crippen molar-refractivity contribution in [2.24, 2.45) is 0 Å². The van der Waals surface area contributed by atoms with E-state index in [9.17, 15) is 4.79 Å². The maximum atomic E-state index is 12.3. The summed E-state index contributed by atoms with van der Waals surface area (Å²) in [7, 11) is 0. The van der Waals surface area contributed by atoms with Crippen molar-refractivity contribution in [2.45, 2.75) is 63.5 Å². The van der Waals surface area contributed by atoms with Crippen LogP contribution in [0.3, 0.4) is 0 Å². The summed E-state index contributed by atoms with van der Waals surface area (Å²) in [6.45, 7) is 3.05. The molecule has 1 aromatic heterocycles. The number of hydrogen-bond donors (Lipinski definition) is 2. The van der Waals surface area contributed by atoms with E-state index >= 15 is 0 Å². The lowest BCUT2D eigenvalue weighted by molar-refractivity contribution is 0.0892. The number of aryl methyl sites for hydroxylation is 1. The normalized spacial score (nSPS) is 25.6. The number of amides is 1. The molecule has 0 bridgehead atoms. The first-order valence-corrected chi connectivity index (χ1v) is 8.72. The van der Waals surface area contributed by atoms with Gasteiger partial charge in [-0.25, -0.2) is 0 Å². The maximum Gasteiger partial charge on any atom is 0.252 e. The van der Waals surface area contributed by atoms with Gasteiger partial charge in [0.2, 0.25) is 0 Å². The summed E-state index contributed by atoms with van der Waals surface area (Å²) in [5, 5.41) is 11.0. The first-order chi connectivity index (χ1) is 9.69. The van der Waals surface area contributed by atoms with Gasteiger partial charge in [0.1, 0.15) is 0 Å². The van der Waals surface area contributed by atoms with Crippen molar-refractivity contribution in [1.29, 1.82) is 0 Å². The van der Waals surface area contributed by atoms with E-state index in [2.05, 4.69) is 10.6 Å². The lowest BCUT2D eigenvalue weighted by Crippen LogP contribution is -2.57. The highest BCUT2D eigenvalue weighted by Crippen LogP contribution is 2.34. The van der Waals surface area contributed by atoms with Gasteiger partial charge in [0, 0.05) is 17.0 Å². The Morgan fingerprint density at radius 2 is 2.15 bits per heavy atom. The molecule has 2 heterocycles. The number of thiophene rings is 1. The number of hydrogen-bond acceptors (Lipinski definition) is 3. The van der Waals surface area contributed by atoms with E-state index in [4.69, 9.17) is 0 Å². The summed E-state index contributed by atoms with van der Waals surface area (Å²) < 4.78 is 0. The molecule has 1 atom stereocenters. The quantitative estimate of drug-likeness (QED) is 0.878. The molecule has 1 aliphatic heterocycles. The van der Waals surface area contributed by atoms with Gasteiger partial charge in [-0.05, 0) is 50.1 Å². The van der Waals surface area contributed by atoms with Crippen LogP contribution in [-0.2, 0) is 0 Å². The van der Waals surface area contributed by atoms with Crippen LogP contribution in [0.15, 0.2) is 10.8 Å². The summed E-state index contributed by atoms with van der Waals surface area (Å²) in [5.74, 6) is 0.113. The summed E-state index contributed by atoms with van der Waals surface area (Å²) in [5.41, 5.74) is 2.25. The first kappa shape index (κ1) is 14.1. The number of carbonyl (C=O) groups excluding carboxylic acids is 1. The predicted molar refractivity (Wildman–Crippen MR) is 83.4 cm³/mol. The van der Waals surface area contributed by atoms with E-state index in [1.54, 1.807) is 11.3 Å². The average Bonchev–Trinajstić information content (AvgIpc) is 2.86. The van der Waals surface area contributed by atoms with Crippen LogP contribution in [0, 0.1) is 6.92 Å². The molecule has 1 saturated carbocycles. The molecule has 110 valence electrons. The third kappa shape index (κ3) is 2.91. The van der Waals surface area contributed by atoms with E-state index in [1.807, 2.05) is 17.7 Å². The second-order valence-corrected chi connectivity index (χ2v) is 7.14. The summed E-state index contributed by atoms with van der Waals surface area (Å²) in [6.07, 6.45) is 8.73. The lowest BCUT2D eigenvalue weighted by atomic mass is 9.75. The monoisotopic (exact) mass is 292 g/mol. The van der Waals surface area contributed by atoms with Crippen molar-refractivity contribution in [3.63, 3.8) is 0 Å². The van der Waals surface area contributed by atoms with Crippen LogP contribution >= 0.6 is 11.3 Å². The van der Waals surface area contributed by atoms with Crippen LogP contribution < -0.4 is 10.6 Å². The molecule has 1 aromatic rings. The van der Waals surface area contributed by atoms with E-state index < -0.39 is 0 Å². The summed E-state index contributed by atoms with van der Waals surface area (Å²) in [4.78, 5) is 12.3. The molecule has 1 spiro atoms. The molecular formula is C16H24N2OS. The van der Waals surface area contributed by atoms with Crippen LogP contribution in [0.2, 0.25) is 0 Å². The molecule has 1 amide bonds. The Labute approximate surface area is 125 Å². The number of rotatable bonds is 2. The van der Waals surface area contributed by atoms with Gasteiger partial charge < -0.3 is 10.6 Å². The number of carbonyl (C=O) groups is 1. The van der Waals surface area contributed by atoms with Crippen LogP contribution in [-0.4, -0.2) is 24.0 Å². The second kappa shape index (κ2) is 5.86. The Bertz CT molecular complexity index is 471. The summed E-state index contributed by atoms with van der Waals surface area (Å²) >= 11 is 1.60. The fraction of sp³-hybridized carbons (Fsp3) is 0.688. The summed E-state index contributed by atoms with van der Waals surface area (Å²) in [6, 6.07) is 0.334. The van der Waals surface area contributed by atoms with Crippen LogP contribution in [0.25, 0.3) is 0 Å². The minimum Gasteiger partial charge on any atom is -0.349 e. The van der Waals surface area contributed by atoms with Gasteiger partial charge in [-0.2, -0.15) is 11.3 Å². The van der Waals surface area contributed by atoms with Gasteiger partial charge in [-0.1, -0.05) is 19.3 Å². The van der Waals surface area contributed by atoms with Crippen molar-refractivity contribution in [3.05, 3.63) is 21.9 Å². The molecule has 3 rings (SSSR count). The lowest BCUT2D eigenvalue weighted by Gasteiger charge is -2.44. The minimum atomic E-state index is 0.113. The van der Waals surface area contributed by atoms with Gasteiger partial charge in [-0.15, -0.1) is 0 Å². The van der Waals surface area contributed by atoms with Crippen LogP contribution in [0.1, 0.15) is 60.9 Å². The van der Waals surface area contributed by atoms with E-state index in [0.717, 1.165) is 30.5 Å². The van der Waals surface area contributed by atoms with E-state index in [-0.39, 0.29) is 5.91 Å². The molecule has 1 saturated heterocycles. The van der Waals surface area contributed by atoms with E-state index in [0.29, 0.717) is 11.6 Å².